The number of esters is 1. The molecule has 282 valence electrons. The second-order valence-corrected chi connectivity index (χ2v) is 14.5. The number of nitriles is 1. The fourth-order valence-corrected chi connectivity index (χ4v) is 6.70. The number of rotatable bonds is 11. The predicted octanol–water partition coefficient (Wildman–Crippen LogP) is 6.94. The highest BCUT2D eigenvalue weighted by atomic mass is 35.5. The van der Waals surface area contributed by atoms with E-state index >= 15 is 8.78 Å². The zero-order valence-electron chi connectivity index (χ0n) is 29.6. The molecule has 6 atom stereocenters. The Balaban J connectivity index is 1.71. The summed E-state index contributed by atoms with van der Waals surface area (Å²) in [7, 11) is 1.28. The van der Waals surface area contributed by atoms with Gasteiger partial charge in [-0.25, -0.2) is 18.4 Å². The van der Waals surface area contributed by atoms with Crippen LogP contribution in [0.15, 0.2) is 54.6 Å². The van der Waals surface area contributed by atoms with Crippen LogP contribution in [0, 0.1) is 28.4 Å². The van der Waals surface area contributed by atoms with Crippen molar-refractivity contribution in [3.63, 3.8) is 0 Å². The van der Waals surface area contributed by atoms with E-state index < -0.39 is 76.7 Å². The summed E-state index contributed by atoms with van der Waals surface area (Å²) in [5, 5.41) is 27.8. The van der Waals surface area contributed by atoms with Gasteiger partial charge in [0, 0.05) is 29.5 Å². The predicted molar refractivity (Wildman–Crippen MR) is 191 cm³/mol. The first kappa shape index (κ1) is 40.8. The van der Waals surface area contributed by atoms with E-state index in [-0.39, 0.29) is 44.6 Å². The van der Waals surface area contributed by atoms with Crippen molar-refractivity contribution >= 4 is 52.8 Å². The second-order valence-electron chi connectivity index (χ2n) is 13.7. The summed E-state index contributed by atoms with van der Waals surface area (Å²) < 4.78 is 47.4. The van der Waals surface area contributed by atoms with Crippen LogP contribution < -0.4 is 20.7 Å². The van der Waals surface area contributed by atoms with Gasteiger partial charge in [0.05, 0.1) is 35.5 Å². The van der Waals surface area contributed by atoms with E-state index in [0.29, 0.717) is 0 Å². The molecular formula is C37H38Cl2F2N4O8. The van der Waals surface area contributed by atoms with Crippen molar-refractivity contribution in [2.24, 2.45) is 5.41 Å². The molecule has 0 aromatic heterocycles. The van der Waals surface area contributed by atoms with Crippen LogP contribution in [0.1, 0.15) is 68.4 Å². The first-order valence-electron chi connectivity index (χ1n) is 16.3. The Kier molecular flexibility index (Phi) is 12.6. The molecule has 53 heavy (non-hydrogen) atoms. The van der Waals surface area contributed by atoms with Crippen LogP contribution in [0.4, 0.5) is 19.3 Å². The quantitative estimate of drug-likeness (QED) is 0.118. The summed E-state index contributed by atoms with van der Waals surface area (Å²) >= 11 is 12.3. The lowest BCUT2D eigenvalue weighted by Crippen LogP contribution is -2.45. The lowest BCUT2D eigenvalue weighted by Gasteiger charge is -2.37. The van der Waals surface area contributed by atoms with Gasteiger partial charge in [-0.15, -0.1) is 0 Å². The van der Waals surface area contributed by atoms with Crippen molar-refractivity contribution < 1.29 is 47.3 Å². The van der Waals surface area contributed by atoms with E-state index in [0.717, 1.165) is 6.07 Å². The Bertz CT molecular complexity index is 1950. The topological polar surface area (TPSA) is 176 Å². The fourth-order valence-electron chi connectivity index (χ4n) is 6.35. The molecule has 0 aliphatic carbocycles. The molecule has 1 heterocycles. The average molecular weight is 776 g/mol. The molecule has 4 rings (SSSR count). The summed E-state index contributed by atoms with van der Waals surface area (Å²) in [5.41, 5.74) is -2.48. The lowest BCUT2D eigenvalue weighted by atomic mass is 9.62. The molecule has 4 N–H and O–H groups in total. The number of hydrogen-bond donors (Lipinski definition) is 4. The fraction of sp³-hybridized carbons (Fsp3) is 0.378. The Labute approximate surface area is 314 Å². The molecule has 0 bridgehead atoms. The number of carbonyl (C=O) groups excluding carboxylic acids is 3. The van der Waals surface area contributed by atoms with E-state index in [1.807, 2.05) is 20.8 Å². The zero-order valence-corrected chi connectivity index (χ0v) is 31.1. The van der Waals surface area contributed by atoms with Gasteiger partial charge in [0.2, 0.25) is 12.2 Å². The molecule has 3 aromatic rings. The van der Waals surface area contributed by atoms with Crippen molar-refractivity contribution in [3.05, 3.63) is 93.0 Å². The molecule has 16 heteroatoms. The number of aliphatic carboxylic acids is 1. The minimum atomic E-state index is -1.85. The summed E-state index contributed by atoms with van der Waals surface area (Å²) in [6.07, 6.45) is -2.29. The third kappa shape index (κ3) is 8.98. The number of anilines is 1. The highest BCUT2D eigenvalue weighted by molar-refractivity contribution is 6.31. The molecule has 12 nitrogen and oxygen atoms in total. The number of carbonyl (C=O) groups is 4. The number of halogens is 4. The van der Waals surface area contributed by atoms with E-state index in [2.05, 4.69) is 22.0 Å². The number of methoxy groups -OCH3 is 1. The number of carboxylic acids is 1. The average Bonchev–Trinajstić information content (AvgIpc) is 3.38. The number of hydrogen-bond acceptors (Lipinski definition) is 9. The monoisotopic (exact) mass is 774 g/mol. The SMILES string of the molecule is COc1cc(C(=O)OC(C)OC(=O)NC(C)C(=O)O)ccc1NC(=O)C1NC(CC(C)(C)C)C(C#N)(c2ccc(Cl)cc2F)C1c1cccc(Cl)c1F. The summed E-state index contributed by atoms with van der Waals surface area (Å²) in [6.45, 7) is 8.20. The standard InChI is InChI=1S/C37H38Cl2F2N4O8/c1-18(33(47)48)43-35(50)53-19(2)52-34(49)20-10-13-26(27(14-20)51-6)44-32(46)31-29(22-8-7-9-24(39)30(22)41)37(17-42,28(45-31)16-36(3,4)5)23-12-11-21(38)15-25(23)40/h7-15,18-19,28-29,31,45H,16H2,1-6H3,(H,43,50)(H,44,46)(H,47,48). The summed E-state index contributed by atoms with van der Waals surface area (Å²) in [6, 6.07) is 10.7. The van der Waals surface area contributed by atoms with Gasteiger partial charge in [-0.2, -0.15) is 5.26 Å². The maximum atomic E-state index is 16.0. The molecule has 1 fully saturated rings. The number of ether oxygens (including phenoxy) is 3. The minimum Gasteiger partial charge on any atom is -0.495 e. The smallest absolute Gasteiger partial charge is 0.410 e. The Morgan fingerprint density at radius 3 is 2.36 bits per heavy atom. The van der Waals surface area contributed by atoms with Gasteiger partial charge in [-0.3, -0.25) is 9.59 Å². The van der Waals surface area contributed by atoms with Gasteiger partial charge >= 0.3 is 18.0 Å². The molecular weight excluding hydrogens is 737 g/mol. The van der Waals surface area contributed by atoms with Crippen molar-refractivity contribution in [2.75, 3.05) is 12.4 Å². The largest absolute Gasteiger partial charge is 0.495 e. The van der Waals surface area contributed by atoms with Crippen LogP contribution in [-0.4, -0.2) is 60.6 Å². The number of nitrogens with zero attached hydrogens (tertiary/aromatic N) is 1. The van der Waals surface area contributed by atoms with Crippen LogP contribution in [-0.2, 0) is 24.5 Å². The van der Waals surface area contributed by atoms with Crippen LogP contribution >= 0.6 is 23.2 Å². The second kappa shape index (κ2) is 16.4. The first-order chi connectivity index (χ1) is 24.8. The van der Waals surface area contributed by atoms with Gasteiger partial charge in [0.15, 0.2) is 0 Å². The number of amides is 2. The van der Waals surface area contributed by atoms with Gasteiger partial charge in [-0.05, 0) is 60.7 Å². The lowest BCUT2D eigenvalue weighted by molar-refractivity contribution is -0.139. The molecule has 3 aromatic carbocycles. The van der Waals surface area contributed by atoms with Gasteiger partial charge in [0.25, 0.3) is 0 Å². The molecule has 0 radical (unpaired) electrons. The third-order valence-corrected chi connectivity index (χ3v) is 9.20. The number of nitrogens with one attached hydrogen (secondary N) is 3. The van der Waals surface area contributed by atoms with E-state index in [1.54, 1.807) is 0 Å². The molecule has 1 saturated heterocycles. The number of benzene rings is 3. The van der Waals surface area contributed by atoms with Crippen LogP contribution in [0.5, 0.6) is 5.75 Å². The zero-order chi connectivity index (χ0) is 39.4. The van der Waals surface area contributed by atoms with Crippen LogP contribution in [0.2, 0.25) is 10.0 Å². The van der Waals surface area contributed by atoms with E-state index in [9.17, 15) is 24.4 Å². The maximum absolute atomic E-state index is 16.0. The normalized spacial score (nSPS) is 20.7. The maximum Gasteiger partial charge on any atom is 0.410 e. The Hall–Kier alpha value is -4.97. The molecule has 1 aliphatic rings. The third-order valence-electron chi connectivity index (χ3n) is 8.68. The van der Waals surface area contributed by atoms with Crippen LogP contribution in [0.25, 0.3) is 0 Å². The molecule has 0 saturated carbocycles. The highest BCUT2D eigenvalue weighted by Crippen LogP contribution is 2.53. The van der Waals surface area contributed by atoms with Crippen molar-refractivity contribution in [3.8, 4) is 11.8 Å². The van der Waals surface area contributed by atoms with Crippen molar-refractivity contribution in [1.29, 1.82) is 5.26 Å². The van der Waals surface area contributed by atoms with Gasteiger partial charge < -0.3 is 35.3 Å². The molecule has 2 amide bonds. The number of alkyl carbamates (subject to hydrolysis) is 1. The first-order valence-corrected chi connectivity index (χ1v) is 17.0. The molecule has 0 spiro atoms. The Morgan fingerprint density at radius 2 is 1.75 bits per heavy atom. The summed E-state index contributed by atoms with van der Waals surface area (Å²) in [4.78, 5) is 50.1. The van der Waals surface area contributed by atoms with Crippen molar-refractivity contribution in [1.82, 2.24) is 10.6 Å². The molecule has 1 aliphatic heterocycles. The Morgan fingerprint density at radius 1 is 1.06 bits per heavy atom. The van der Waals surface area contributed by atoms with E-state index in [4.69, 9.17) is 42.5 Å². The minimum absolute atomic E-state index is 0.000542. The molecule has 6 unspecified atom stereocenters. The van der Waals surface area contributed by atoms with Crippen molar-refractivity contribution in [2.45, 2.75) is 76.8 Å². The highest BCUT2D eigenvalue weighted by Gasteiger charge is 2.61. The van der Waals surface area contributed by atoms with E-state index in [1.165, 1.54) is 69.5 Å². The van der Waals surface area contributed by atoms with Gasteiger partial charge in [-0.1, -0.05) is 62.2 Å². The van der Waals surface area contributed by atoms with Gasteiger partial charge in [0.1, 0.15) is 28.8 Å². The summed E-state index contributed by atoms with van der Waals surface area (Å²) in [5.74, 6) is -6.01. The number of carboxylic acid groups (broad SMARTS) is 1. The van der Waals surface area contributed by atoms with Crippen LogP contribution in [0.3, 0.4) is 0 Å².